The van der Waals surface area contributed by atoms with Crippen LogP contribution < -0.4 is 0 Å². The van der Waals surface area contributed by atoms with Gasteiger partial charge in [0, 0.05) is 36.8 Å². The number of halogens is 2. The minimum absolute atomic E-state index is 0.00398. The van der Waals surface area contributed by atoms with E-state index in [1.54, 1.807) is 36.6 Å². The van der Waals surface area contributed by atoms with Gasteiger partial charge in [0.2, 0.25) is 5.12 Å². The molecule has 1 aliphatic rings. The Morgan fingerprint density at radius 2 is 1.87 bits per heavy atom. The maximum absolute atomic E-state index is 12.7. The van der Waals surface area contributed by atoms with Crippen LogP contribution in [0.4, 0.5) is 0 Å². The highest BCUT2D eigenvalue weighted by molar-refractivity contribution is 8.13. The molecule has 9 heteroatoms. The van der Waals surface area contributed by atoms with Gasteiger partial charge in [-0.25, -0.2) is 9.97 Å². The zero-order valence-corrected chi connectivity index (χ0v) is 18.7. The van der Waals surface area contributed by atoms with Gasteiger partial charge in [-0.05, 0) is 55.2 Å². The second-order valence-electron chi connectivity index (χ2n) is 7.08. The monoisotopic (exact) mass is 462 g/mol. The first-order valence-electron chi connectivity index (χ1n) is 9.48. The Hall–Kier alpha value is -1.90. The van der Waals surface area contributed by atoms with E-state index in [0.29, 0.717) is 44.5 Å². The van der Waals surface area contributed by atoms with E-state index < -0.39 is 0 Å². The minimum atomic E-state index is 0.00398. The zero-order valence-electron chi connectivity index (χ0n) is 16.3. The summed E-state index contributed by atoms with van der Waals surface area (Å²) in [4.78, 5) is 26.2. The number of thioether (sulfide) groups is 1. The third-order valence-corrected chi connectivity index (χ3v) is 6.11. The van der Waals surface area contributed by atoms with Crippen LogP contribution in [-0.2, 0) is 4.79 Å². The molecule has 1 fully saturated rings. The van der Waals surface area contributed by atoms with Crippen LogP contribution in [0.25, 0.3) is 22.7 Å². The van der Waals surface area contributed by atoms with Crippen molar-refractivity contribution in [2.45, 2.75) is 5.16 Å². The number of piperazine rings is 1. The summed E-state index contributed by atoms with van der Waals surface area (Å²) in [5, 5.41) is 1.39. The lowest BCUT2D eigenvalue weighted by Gasteiger charge is -2.31. The maximum atomic E-state index is 12.7. The lowest BCUT2D eigenvalue weighted by atomic mass is 10.1. The third-order valence-electron chi connectivity index (χ3n) is 4.84. The van der Waals surface area contributed by atoms with Gasteiger partial charge in [0.1, 0.15) is 5.69 Å². The van der Waals surface area contributed by atoms with E-state index in [1.807, 2.05) is 6.07 Å². The average Bonchev–Trinajstić information content (AvgIpc) is 3.24. The quantitative estimate of drug-likeness (QED) is 0.406. The lowest BCUT2D eigenvalue weighted by molar-refractivity contribution is -0.112. The number of furan rings is 1. The van der Waals surface area contributed by atoms with E-state index in [2.05, 4.69) is 26.8 Å². The van der Waals surface area contributed by atoms with E-state index in [4.69, 9.17) is 27.6 Å². The summed E-state index contributed by atoms with van der Waals surface area (Å²) < 4.78 is 5.50. The van der Waals surface area contributed by atoms with Crippen molar-refractivity contribution in [3.63, 3.8) is 0 Å². The van der Waals surface area contributed by atoms with E-state index in [0.717, 1.165) is 37.9 Å². The molecule has 30 heavy (non-hydrogen) atoms. The molecule has 0 amide bonds. The third kappa shape index (κ3) is 5.22. The zero-order chi connectivity index (χ0) is 21.1. The first-order chi connectivity index (χ1) is 14.5. The predicted molar refractivity (Wildman–Crippen MR) is 120 cm³/mol. The fourth-order valence-corrected chi connectivity index (χ4v) is 4.42. The van der Waals surface area contributed by atoms with E-state index in [1.165, 1.54) is 0 Å². The smallest absolute Gasteiger partial charge is 0.210 e. The van der Waals surface area contributed by atoms with Gasteiger partial charge < -0.3 is 9.32 Å². The first-order valence-corrected chi connectivity index (χ1v) is 11.0. The molecule has 0 aliphatic carbocycles. The minimum Gasteiger partial charge on any atom is -0.463 e. The molecule has 3 aromatic rings. The molecule has 1 saturated heterocycles. The Morgan fingerprint density at radius 1 is 1.10 bits per heavy atom. The summed E-state index contributed by atoms with van der Waals surface area (Å²) in [6.45, 7) is 4.04. The Kier molecular flexibility index (Phi) is 6.75. The van der Waals surface area contributed by atoms with Crippen molar-refractivity contribution in [1.29, 1.82) is 0 Å². The molecule has 1 aliphatic heterocycles. The van der Waals surface area contributed by atoms with Gasteiger partial charge in [-0.2, -0.15) is 0 Å². The van der Waals surface area contributed by atoms with Crippen molar-refractivity contribution in [3.05, 3.63) is 52.7 Å². The van der Waals surface area contributed by atoms with Gasteiger partial charge in [-0.15, -0.1) is 0 Å². The second-order valence-corrected chi connectivity index (χ2v) is 8.94. The molecule has 4 rings (SSSR count). The molecular formula is C21H20Cl2N4O2S. The largest absolute Gasteiger partial charge is 0.463 e. The highest BCUT2D eigenvalue weighted by atomic mass is 35.5. The molecule has 0 spiro atoms. The van der Waals surface area contributed by atoms with Gasteiger partial charge in [0.05, 0.1) is 23.5 Å². The van der Waals surface area contributed by atoms with Crippen molar-refractivity contribution in [2.75, 3.05) is 39.8 Å². The van der Waals surface area contributed by atoms with Crippen molar-refractivity contribution in [1.82, 2.24) is 19.8 Å². The maximum Gasteiger partial charge on any atom is 0.210 e. The number of rotatable bonds is 5. The van der Waals surface area contributed by atoms with Crippen LogP contribution in [0, 0.1) is 0 Å². The highest BCUT2D eigenvalue weighted by Crippen LogP contribution is 2.33. The van der Waals surface area contributed by atoms with Crippen LogP contribution in [0.3, 0.4) is 0 Å². The summed E-state index contributed by atoms with van der Waals surface area (Å²) in [5.41, 5.74) is 1.91. The molecular weight excluding hydrogens is 443 g/mol. The molecule has 0 saturated carbocycles. The molecule has 0 radical (unpaired) electrons. The Bertz CT molecular complexity index is 1040. The van der Waals surface area contributed by atoms with Gasteiger partial charge >= 0.3 is 0 Å². The van der Waals surface area contributed by atoms with Crippen LogP contribution in [0.2, 0.25) is 10.0 Å². The Morgan fingerprint density at radius 3 is 2.57 bits per heavy atom. The normalized spacial score (nSPS) is 15.4. The number of carbonyl (C=O) groups is 1. The standard InChI is InChI=1S/C21H20Cl2N4O2S/c1-26-6-8-27(9-7-26)13-20(28)30-21-24-17(15-5-4-14(22)11-16(15)23)12-18(25-21)19-3-2-10-29-19/h2-5,10-12H,6-9,13H2,1H3. The lowest BCUT2D eigenvalue weighted by Crippen LogP contribution is -2.45. The Labute approximate surface area is 189 Å². The number of aromatic nitrogens is 2. The SMILES string of the molecule is CN1CCN(CC(=O)Sc2nc(-c3ccco3)cc(-c3ccc(Cl)cc3Cl)n2)CC1. The van der Waals surface area contributed by atoms with Gasteiger partial charge in [-0.3, -0.25) is 9.69 Å². The predicted octanol–water partition coefficient (Wildman–Crippen LogP) is 4.58. The number of carbonyl (C=O) groups excluding carboxylic acids is 1. The van der Waals surface area contributed by atoms with E-state index in [-0.39, 0.29) is 5.12 Å². The van der Waals surface area contributed by atoms with Crippen molar-refractivity contribution >= 4 is 40.1 Å². The number of benzene rings is 1. The molecule has 1 aromatic carbocycles. The van der Waals surface area contributed by atoms with Crippen molar-refractivity contribution < 1.29 is 9.21 Å². The number of likely N-dealkylation sites (N-methyl/N-ethyl adjacent to an activating group) is 1. The summed E-state index contributed by atoms with van der Waals surface area (Å²) >= 11 is 13.5. The second kappa shape index (κ2) is 9.49. The highest BCUT2D eigenvalue weighted by Gasteiger charge is 2.19. The van der Waals surface area contributed by atoms with Crippen LogP contribution >= 0.6 is 35.0 Å². The average molecular weight is 463 g/mol. The first kappa shape index (κ1) is 21.3. The van der Waals surface area contributed by atoms with Gasteiger partial charge in [-0.1, -0.05) is 23.2 Å². The molecule has 0 N–H and O–H groups in total. The molecule has 2 aromatic heterocycles. The summed E-state index contributed by atoms with van der Waals surface area (Å²) in [6.07, 6.45) is 1.58. The molecule has 3 heterocycles. The topological polar surface area (TPSA) is 62.5 Å². The summed E-state index contributed by atoms with van der Waals surface area (Å²) in [7, 11) is 2.09. The van der Waals surface area contributed by atoms with Crippen LogP contribution in [0.5, 0.6) is 0 Å². The van der Waals surface area contributed by atoms with Crippen LogP contribution in [-0.4, -0.2) is 64.7 Å². The molecule has 0 bridgehead atoms. The fraction of sp³-hybridized carbons (Fsp3) is 0.286. The van der Waals surface area contributed by atoms with Crippen molar-refractivity contribution in [3.8, 4) is 22.7 Å². The Balaban J connectivity index is 1.60. The molecule has 0 atom stereocenters. The summed E-state index contributed by atoms with van der Waals surface area (Å²) in [5.74, 6) is 0.595. The van der Waals surface area contributed by atoms with Crippen molar-refractivity contribution in [2.24, 2.45) is 0 Å². The molecule has 156 valence electrons. The number of hydrogen-bond acceptors (Lipinski definition) is 7. The van der Waals surface area contributed by atoms with Crippen LogP contribution in [0.1, 0.15) is 0 Å². The van der Waals surface area contributed by atoms with Gasteiger partial charge in [0.25, 0.3) is 0 Å². The van der Waals surface area contributed by atoms with E-state index >= 15 is 0 Å². The van der Waals surface area contributed by atoms with Gasteiger partial charge in [0.15, 0.2) is 10.9 Å². The summed E-state index contributed by atoms with van der Waals surface area (Å²) in [6, 6.07) is 10.6. The molecule has 0 unspecified atom stereocenters. The van der Waals surface area contributed by atoms with E-state index in [9.17, 15) is 4.79 Å². The number of hydrogen-bond donors (Lipinski definition) is 0. The van der Waals surface area contributed by atoms with Crippen LogP contribution in [0.15, 0.2) is 52.2 Å². The number of nitrogens with zero attached hydrogens (tertiary/aromatic N) is 4. The fourth-order valence-electron chi connectivity index (χ4n) is 3.18. The molecule has 6 nitrogen and oxygen atoms in total.